The minimum absolute atomic E-state index is 0.729. The van der Waals surface area contributed by atoms with Crippen LogP contribution in [0.1, 0.15) is 81.0 Å². The van der Waals surface area contributed by atoms with Gasteiger partial charge in [0.1, 0.15) is 0 Å². The van der Waals surface area contributed by atoms with E-state index in [2.05, 4.69) is 74.5 Å². The molecule has 1 fully saturated rings. The van der Waals surface area contributed by atoms with Crippen molar-refractivity contribution in [2.75, 3.05) is 6.61 Å². The summed E-state index contributed by atoms with van der Waals surface area (Å²) < 4.78 is 5.62. The topological polar surface area (TPSA) is 9.23 Å². The molecule has 168 valence electrons. The maximum Gasteiger partial charge on any atom is 0.0716 e. The first kappa shape index (κ1) is 23.8. The van der Waals surface area contributed by atoms with Gasteiger partial charge in [0.25, 0.3) is 0 Å². The monoisotopic (exact) mass is 418 g/mol. The molecule has 0 heterocycles. The smallest absolute Gasteiger partial charge is 0.0716 e. The van der Waals surface area contributed by atoms with Crippen molar-refractivity contribution in [1.82, 2.24) is 0 Å². The molecule has 0 radical (unpaired) electrons. The molecular formula is C30H42O. The molecule has 1 heteroatoms. The number of hydrogen-bond donors (Lipinski definition) is 0. The molecule has 0 unspecified atom stereocenters. The summed E-state index contributed by atoms with van der Waals surface area (Å²) in [4.78, 5) is 0. The molecule has 0 saturated heterocycles. The summed E-state index contributed by atoms with van der Waals surface area (Å²) in [6.07, 6.45) is 17.5. The SMILES string of the molecule is C/C=C/CC1CCC(CCc2ccc(CCc3ccc(COCCC)cc3)cc2)CC1. The molecular weight excluding hydrogens is 376 g/mol. The maximum absolute atomic E-state index is 5.62. The van der Waals surface area contributed by atoms with E-state index in [1.807, 2.05) is 0 Å². The number of benzene rings is 2. The third kappa shape index (κ3) is 8.65. The van der Waals surface area contributed by atoms with Gasteiger partial charge in [-0.1, -0.05) is 80.4 Å². The van der Waals surface area contributed by atoms with Crippen LogP contribution < -0.4 is 0 Å². The van der Waals surface area contributed by atoms with E-state index >= 15 is 0 Å². The van der Waals surface area contributed by atoms with Crippen LogP contribution in [0.2, 0.25) is 0 Å². The average molecular weight is 419 g/mol. The van der Waals surface area contributed by atoms with E-state index in [-0.39, 0.29) is 0 Å². The van der Waals surface area contributed by atoms with E-state index < -0.39 is 0 Å². The molecule has 0 amide bonds. The fourth-order valence-corrected chi connectivity index (χ4v) is 4.75. The highest BCUT2D eigenvalue weighted by Crippen LogP contribution is 2.33. The molecule has 1 aliphatic carbocycles. The van der Waals surface area contributed by atoms with Gasteiger partial charge in [-0.05, 0) is 92.4 Å². The molecule has 1 saturated carbocycles. The van der Waals surface area contributed by atoms with E-state index in [0.717, 1.165) is 44.3 Å². The first-order chi connectivity index (χ1) is 15.3. The van der Waals surface area contributed by atoms with Gasteiger partial charge in [0.05, 0.1) is 6.61 Å². The van der Waals surface area contributed by atoms with Crippen LogP contribution in [-0.2, 0) is 30.6 Å². The van der Waals surface area contributed by atoms with Crippen LogP contribution in [0.3, 0.4) is 0 Å². The summed E-state index contributed by atoms with van der Waals surface area (Å²) in [5, 5.41) is 0. The Labute approximate surface area is 190 Å². The van der Waals surface area contributed by atoms with Crippen molar-refractivity contribution in [3.8, 4) is 0 Å². The molecule has 1 nitrogen and oxygen atoms in total. The third-order valence-electron chi connectivity index (χ3n) is 6.88. The third-order valence-corrected chi connectivity index (χ3v) is 6.88. The Morgan fingerprint density at radius 3 is 1.81 bits per heavy atom. The molecule has 2 aromatic rings. The molecule has 1 aliphatic rings. The van der Waals surface area contributed by atoms with Crippen LogP contribution in [-0.4, -0.2) is 6.61 Å². The van der Waals surface area contributed by atoms with Crippen molar-refractivity contribution in [3.05, 3.63) is 82.9 Å². The number of hydrogen-bond acceptors (Lipinski definition) is 1. The van der Waals surface area contributed by atoms with E-state index in [1.165, 1.54) is 67.2 Å². The standard InChI is InChI=1S/C30H42O/c1-3-5-6-25-7-9-26(10-8-25)11-12-27-13-15-28(16-14-27)17-18-29-19-21-30(22-20-29)24-31-23-4-2/h3,5,13-16,19-22,25-26H,4,6-12,17-18,23-24H2,1-2H3/b5-3+. The Hall–Kier alpha value is -1.86. The van der Waals surface area contributed by atoms with Crippen LogP contribution in [0, 0.1) is 11.8 Å². The van der Waals surface area contributed by atoms with Gasteiger partial charge in [-0.3, -0.25) is 0 Å². The van der Waals surface area contributed by atoms with Gasteiger partial charge in [-0.2, -0.15) is 0 Å². The molecule has 0 atom stereocenters. The van der Waals surface area contributed by atoms with Gasteiger partial charge < -0.3 is 4.74 Å². The van der Waals surface area contributed by atoms with Gasteiger partial charge in [-0.25, -0.2) is 0 Å². The van der Waals surface area contributed by atoms with Crippen molar-refractivity contribution in [1.29, 1.82) is 0 Å². The number of aryl methyl sites for hydroxylation is 3. The summed E-state index contributed by atoms with van der Waals surface area (Å²) in [5.74, 6) is 1.88. The van der Waals surface area contributed by atoms with E-state index in [1.54, 1.807) is 0 Å². The fraction of sp³-hybridized carbons (Fsp3) is 0.533. The Morgan fingerprint density at radius 2 is 1.26 bits per heavy atom. The fourth-order valence-electron chi connectivity index (χ4n) is 4.75. The number of ether oxygens (including phenoxy) is 1. The molecule has 0 aliphatic heterocycles. The second kappa shape index (κ2) is 13.5. The van der Waals surface area contributed by atoms with Crippen molar-refractivity contribution in [2.45, 2.75) is 84.7 Å². The van der Waals surface area contributed by atoms with E-state index in [4.69, 9.17) is 4.74 Å². The summed E-state index contributed by atoms with van der Waals surface area (Å²) in [7, 11) is 0. The van der Waals surface area contributed by atoms with Crippen LogP contribution in [0.25, 0.3) is 0 Å². The lowest BCUT2D eigenvalue weighted by Gasteiger charge is -2.28. The Bertz CT molecular complexity index is 748. The summed E-state index contributed by atoms with van der Waals surface area (Å²) in [5.41, 5.74) is 5.64. The van der Waals surface area contributed by atoms with Crippen molar-refractivity contribution < 1.29 is 4.74 Å². The Kier molecular flexibility index (Phi) is 10.4. The highest BCUT2D eigenvalue weighted by molar-refractivity contribution is 5.26. The summed E-state index contributed by atoms with van der Waals surface area (Å²) in [6, 6.07) is 18.3. The van der Waals surface area contributed by atoms with Crippen LogP contribution in [0.15, 0.2) is 60.7 Å². The molecule has 0 N–H and O–H groups in total. The van der Waals surface area contributed by atoms with Crippen molar-refractivity contribution in [3.63, 3.8) is 0 Å². The van der Waals surface area contributed by atoms with Gasteiger partial charge in [-0.15, -0.1) is 0 Å². The predicted molar refractivity (Wildman–Crippen MR) is 133 cm³/mol. The highest BCUT2D eigenvalue weighted by atomic mass is 16.5. The van der Waals surface area contributed by atoms with Gasteiger partial charge in [0, 0.05) is 6.61 Å². The number of allylic oxidation sites excluding steroid dienone is 2. The predicted octanol–water partition coefficient (Wildman–Crippen LogP) is 8.10. The molecule has 2 aromatic carbocycles. The lowest BCUT2D eigenvalue weighted by Crippen LogP contribution is -2.14. The molecule has 31 heavy (non-hydrogen) atoms. The highest BCUT2D eigenvalue weighted by Gasteiger charge is 2.20. The average Bonchev–Trinajstić information content (AvgIpc) is 2.82. The van der Waals surface area contributed by atoms with Crippen molar-refractivity contribution in [2.24, 2.45) is 11.8 Å². The van der Waals surface area contributed by atoms with Crippen LogP contribution in [0.4, 0.5) is 0 Å². The first-order valence-corrected chi connectivity index (χ1v) is 12.6. The zero-order valence-electron chi connectivity index (χ0n) is 19.8. The van der Waals surface area contributed by atoms with E-state index in [9.17, 15) is 0 Å². The molecule has 0 bridgehead atoms. The Balaban J connectivity index is 1.35. The quantitative estimate of drug-likeness (QED) is 0.250. The van der Waals surface area contributed by atoms with E-state index in [0.29, 0.717) is 0 Å². The molecule has 0 aromatic heterocycles. The van der Waals surface area contributed by atoms with Gasteiger partial charge in [0.2, 0.25) is 0 Å². The minimum atomic E-state index is 0.729. The minimum Gasteiger partial charge on any atom is -0.377 e. The van der Waals surface area contributed by atoms with Crippen LogP contribution in [0.5, 0.6) is 0 Å². The van der Waals surface area contributed by atoms with Gasteiger partial charge >= 0.3 is 0 Å². The van der Waals surface area contributed by atoms with Crippen LogP contribution >= 0.6 is 0 Å². The summed E-state index contributed by atoms with van der Waals surface area (Å²) >= 11 is 0. The summed E-state index contributed by atoms with van der Waals surface area (Å²) in [6.45, 7) is 5.86. The van der Waals surface area contributed by atoms with Gasteiger partial charge in [0.15, 0.2) is 0 Å². The van der Waals surface area contributed by atoms with Crippen molar-refractivity contribution >= 4 is 0 Å². The normalized spacial score (nSPS) is 19.2. The first-order valence-electron chi connectivity index (χ1n) is 12.6. The lowest BCUT2D eigenvalue weighted by atomic mass is 9.78. The second-order valence-electron chi connectivity index (χ2n) is 9.42. The largest absolute Gasteiger partial charge is 0.377 e. The number of rotatable bonds is 12. The Morgan fingerprint density at radius 1 is 0.742 bits per heavy atom. The lowest BCUT2D eigenvalue weighted by molar-refractivity contribution is 0.121. The zero-order valence-corrected chi connectivity index (χ0v) is 19.8. The second-order valence-corrected chi connectivity index (χ2v) is 9.42. The molecule has 0 spiro atoms. The molecule has 3 rings (SSSR count). The zero-order chi connectivity index (χ0) is 21.7. The maximum atomic E-state index is 5.62.